The highest BCUT2D eigenvalue weighted by Gasteiger charge is 2.11. The molecular formula is C17H13N3O2. The number of rotatable bonds is 2. The molecule has 0 fully saturated rings. The largest absolute Gasteiger partial charge is 0.439 e. The van der Waals surface area contributed by atoms with Gasteiger partial charge in [0.25, 0.3) is 5.56 Å². The van der Waals surface area contributed by atoms with Gasteiger partial charge in [0.2, 0.25) is 5.89 Å². The van der Waals surface area contributed by atoms with Gasteiger partial charge in [-0.05, 0) is 31.2 Å². The van der Waals surface area contributed by atoms with Gasteiger partial charge in [-0.25, -0.2) is 9.97 Å². The van der Waals surface area contributed by atoms with Gasteiger partial charge in [-0.1, -0.05) is 24.3 Å². The van der Waals surface area contributed by atoms with Crippen LogP contribution < -0.4 is 5.56 Å². The van der Waals surface area contributed by atoms with Gasteiger partial charge < -0.3 is 4.42 Å². The first-order valence-electron chi connectivity index (χ1n) is 7.03. The van der Waals surface area contributed by atoms with Crippen LogP contribution in [-0.4, -0.2) is 14.5 Å². The van der Waals surface area contributed by atoms with Crippen LogP contribution in [0.3, 0.4) is 0 Å². The van der Waals surface area contributed by atoms with Crippen molar-refractivity contribution in [2.75, 3.05) is 0 Å². The zero-order chi connectivity index (χ0) is 15.1. The third-order valence-electron chi connectivity index (χ3n) is 3.68. The van der Waals surface area contributed by atoms with E-state index < -0.39 is 0 Å². The van der Waals surface area contributed by atoms with Crippen molar-refractivity contribution in [1.82, 2.24) is 14.5 Å². The van der Waals surface area contributed by atoms with Gasteiger partial charge in [-0.2, -0.15) is 0 Å². The van der Waals surface area contributed by atoms with E-state index >= 15 is 0 Å². The standard InChI is InChI=1S/C17H13N3O2/c1-11-18-13-7-3-2-6-12(13)17(21)20(11)10-16-19-14-8-4-5-9-15(14)22-16/h2-9H,10H2,1H3. The quantitative estimate of drug-likeness (QED) is 0.569. The fraction of sp³-hybridized carbons (Fsp3) is 0.118. The third-order valence-corrected chi connectivity index (χ3v) is 3.68. The predicted octanol–water partition coefficient (Wildman–Crippen LogP) is 2.89. The van der Waals surface area contributed by atoms with Crippen LogP contribution in [0.15, 0.2) is 57.7 Å². The molecule has 2 aromatic heterocycles. The summed E-state index contributed by atoms with van der Waals surface area (Å²) in [6.07, 6.45) is 0. The van der Waals surface area contributed by atoms with Crippen LogP contribution >= 0.6 is 0 Å². The van der Waals surface area contributed by atoms with E-state index in [9.17, 15) is 4.79 Å². The van der Waals surface area contributed by atoms with E-state index in [-0.39, 0.29) is 12.1 Å². The molecule has 0 amide bonds. The summed E-state index contributed by atoms with van der Waals surface area (Å²) >= 11 is 0. The third kappa shape index (κ3) is 1.98. The van der Waals surface area contributed by atoms with Gasteiger partial charge in [0.05, 0.1) is 10.9 Å². The van der Waals surface area contributed by atoms with E-state index in [0.717, 1.165) is 11.1 Å². The Balaban J connectivity index is 1.85. The zero-order valence-corrected chi connectivity index (χ0v) is 12.0. The van der Waals surface area contributed by atoms with Crippen molar-refractivity contribution < 1.29 is 4.42 Å². The topological polar surface area (TPSA) is 60.9 Å². The molecule has 5 nitrogen and oxygen atoms in total. The summed E-state index contributed by atoms with van der Waals surface area (Å²) in [7, 11) is 0. The second kappa shape index (κ2) is 4.80. The molecule has 0 saturated carbocycles. The molecule has 4 aromatic rings. The van der Waals surface area contributed by atoms with Crippen LogP contribution in [0.5, 0.6) is 0 Å². The van der Waals surface area contributed by atoms with Gasteiger partial charge in [-0.3, -0.25) is 9.36 Å². The summed E-state index contributed by atoms with van der Waals surface area (Å²) in [4.78, 5) is 21.5. The van der Waals surface area contributed by atoms with E-state index in [4.69, 9.17) is 4.42 Å². The molecule has 0 bridgehead atoms. The Hall–Kier alpha value is -2.95. The van der Waals surface area contributed by atoms with Crippen molar-refractivity contribution in [1.29, 1.82) is 0 Å². The van der Waals surface area contributed by atoms with Crippen molar-refractivity contribution >= 4 is 22.0 Å². The Kier molecular flexibility index (Phi) is 2.79. The average Bonchev–Trinajstić information content (AvgIpc) is 2.94. The summed E-state index contributed by atoms with van der Waals surface area (Å²) in [5.41, 5.74) is 2.14. The maximum atomic E-state index is 12.6. The molecule has 108 valence electrons. The number of aromatic nitrogens is 3. The average molecular weight is 291 g/mol. The molecule has 0 aliphatic heterocycles. The lowest BCUT2D eigenvalue weighted by atomic mass is 10.2. The smallest absolute Gasteiger partial charge is 0.261 e. The SMILES string of the molecule is Cc1nc2ccccc2c(=O)n1Cc1nc2ccccc2o1. The molecular weight excluding hydrogens is 278 g/mol. The van der Waals surface area contributed by atoms with E-state index in [1.165, 1.54) is 0 Å². The first-order valence-corrected chi connectivity index (χ1v) is 7.03. The monoisotopic (exact) mass is 291 g/mol. The van der Waals surface area contributed by atoms with E-state index in [0.29, 0.717) is 22.6 Å². The molecule has 0 N–H and O–H groups in total. The molecule has 5 heteroatoms. The molecule has 0 unspecified atom stereocenters. The first-order chi connectivity index (χ1) is 10.7. The highest BCUT2D eigenvalue weighted by Crippen LogP contribution is 2.16. The Bertz CT molecular complexity index is 1010. The van der Waals surface area contributed by atoms with Gasteiger partial charge in [-0.15, -0.1) is 0 Å². The molecule has 0 atom stereocenters. The maximum Gasteiger partial charge on any atom is 0.261 e. The van der Waals surface area contributed by atoms with Crippen LogP contribution in [0.4, 0.5) is 0 Å². The minimum absolute atomic E-state index is 0.0784. The second-order valence-corrected chi connectivity index (χ2v) is 5.14. The van der Waals surface area contributed by atoms with Gasteiger partial charge in [0, 0.05) is 0 Å². The molecule has 0 aliphatic rings. The van der Waals surface area contributed by atoms with Crippen molar-refractivity contribution in [3.05, 3.63) is 70.6 Å². The number of fused-ring (bicyclic) bond motifs is 2. The van der Waals surface area contributed by atoms with Crippen molar-refractivity contribution in [3.63, 3.8) is 0 Å². The number of para-hydroxylation sites is 3. The molecule has 2 heterocycles. The van der Waals surface area contributed by atoms with Gasteiger partial charge >= 0.3 is 0 Å². The highest BCUT2D eigenvalue weighted by atomic mass is 16.3. The number of aryl methyl sites for hydroxylation is 1. The normalized spacial score (nSPS) is 11.3. The van der Waals surface area contributed by atoms with E-state index in [1.807, 2.05) is 49.4 Å². The summed E-state index contributed by atoms with van der Waals surface area (Å²) < 4.78 is 7.29. The zero-order valence-electron chi connectivity index (χ0n) is 12.0. The van der Waals surface area contributed by atoms with Gasteiger partial charge in [0.15, 0.2) is 5.58 Å². The Morgan fingerprint density at radius 1 is 1.00 bits per heavy atom. The minimum Gasteiger partial charge on any atom is -0.439 e. The van der Waals surface area contributed by atoms with Gasteiger partial charge in [0.1, 0.15) is 17.9 Å². The fourth-order valence-electron chi connectivity index (χ4n) is 2.59. The molecule has 22 heavy (non-hydrogen) atoms. The van der Waals surface area contributed by atoms with Crippen molar-refractivity contribution in [2.45, 2.75) is 13.5 Å². The Labute approximate surface area is 125 Å². The lowest BCUT2D eigenvalue weighted by Gasteiger charge is -2.08. The Morgan fingerprint density at radius 2 is 1.73 bits per heavy atom. The number of hydrogen-bond donors (Lipinski definition) is 0. The lowest BCUT2D eigenvalue weighted by molar-refractivity contribution is 0.498. The molecule has 2 aromatic carbocycles. The molecule has 0 radical (unpaired) electrons. The van der Waals surface area contributed by atoms with Crippen LogP contribution in [0, 0.1) is 6.92 Å². The summed E-state index contributed by atoms with van der Waals surface area (Å²) in [6, 6.07) is 14.9. The minimum atomic E-state index is -0.0784. The number of hydrogen-bond acceptors (Lipinski definition) is 4. The lowest BCUT2D eigenvalue weighted by Crippen LogP contribution is -2.24. The van der Waals surface area contributed by atoms with Crippen LogP contribution in [0.1, 0.15) is 11.7 Å². The number of benzene rings is 2. The van der Waals surface area contributed by atoms with Crippen LogP contribution in [-0.2, 0) is 6.54 Å². The summed E-state index contributed by atoms with van der Waals surface area (Å²) in [5.74, 6) is 1.15. The van der Waals surface area contributed by atoms with Crippen molar-refractivity contribution in [2.24, 2.45) is 0 Å². The highest BCUT2D eigenvalue weighted by molar-refractivity contribution is 5.77. The van der Waals surface area contributed by atoms with E-state index in [2.05, 4.69) is 9.97 Å². The first kappa shape index (κ1) is 12.8. The maximum absolute atomic E-state index is 12.6. The molecule has 0 aliphatic carbocycles. The fourth-order valence-corrected chi connectivity index (χ4v) is 2.59. The predicted molar refractivity (Wildman–Crippen MR) is 83.9 cm³/mol. The van der Waals surface area contributed by atoms with Crippen molar-refractivity contribution in [3.8, 4) is 0 Å². The van der Waals surface area contributed by atoms with E-state index in [1.54, 1.807) is 10.6 Å². The summed E-state index contributed by atoms with van der Waals surface area (Å²) in [6.45, 7) is 2.09. The summed E-state index contributed by atoms with van der Waals surface area (Å²) in [5, 5.41) is 0.601. The Morgan fingerprint density at radius 3 is 2.55 bits per heavy atom. The number of oxazole rings is 1. The van der Waals surface area contributed by atoms with Crippen LogP contribution in [0.25, 0.3) is 22.0 Å². The molecule has 0 saturated heterocycles. The van der Waals surface area contributed by atoms with Crippen LogP contribution in [0.2, 0.25) is 0 Å². The second-order valence-electron chi connectivity index (χ2n) is 5.14. The molecule has 4 rings (SSSR count). The number of nitrogens with zero attached hydrogens (tertiary/aromatic N) is 3. The molecule has 0 spiro atoms.